The Bertz CT molecular complexity index is 513. The van der Waals surface area contributed by atoms with Crippen LogP contribution in [0.25, 0.3) is 0 Å². The minimum atomic E-state index is -1.03. The van der Waals surface area contributed by atoms with E-state index in [4.69, 9.17) is 0 Å². The van der Waals surface area contributed by atoms with Gasteiger partial charge in [0.25, 0.3) is 0 Å². The monoisotopic (exact) mass is 293 g/mol. The Labute approximate surface area is 125 Å². The second-order valence-corrected chi connectivity index (χ2v) is 7.13. The molecule has 2 fully saturated rings. The molecule has 2 saturated carbocycles. The molecule has 0 unspecified atom stereocenters. The Morgan fingerprint density at radius 1 is 1.29 bits per heavy atom. The van der Waals surface area contributed by atoms with Gasteiger partial charge in [0.2, 0.25) is 0 Å². The zero-order chi connectivity index (χ0) is 15.2. The summed E-state index contributed by atoms with van der Waals surface area (Å²) in [6, 6.07) is 3.99. The minimum Gasteiger partial charge on any atom is -0.508 e. The number of hydrogen-bond donors (Lipinski definition) is 2. The van der Waals surface area contributed by atoms with Crippen molar-refractivity contribution in [3.05, 3.63) is 29.6 Å². The number of benzene rings is 1. The van der Waals surface area contributed by atoms with Crippen LogP contribution in [0, 0.1) is 23.6 Å². The topological polar surface area (TPSA) is 43.7 Å². The summed E-state index contributed by atoms with van der Waals surface area (Å²) in [4.78, 5) is 2.09. The van der Waals surface area contributed by atoms with Crippen molar-refractivity contribution in [2.24, 2.45) is 17.8 Å². The van der Waals surface area contributed by atoms with Crippen molar-refractivity contribution in [3.63, 3.8) is 0 Å². The maximum atomic E-state index is 13.7. The number of halogens is 1. The summed E-state index contributed by atoms with van der Waals surface area (Å²) in [5.41, 5.74) is -0.503. The zero-order valence-corrected chi connectivity index (χ0v) is 12.7. The van der Waals surface area contributed by atoms with Crippen LogP contribution < -0.4 is 0 Å². The summed E-state index contributed by atoms with van der Waals surface area (Å²) in [6.45, 7) is 0.783. The molecule has 0 aliphatic heterocycles. The Morgan fingerprint density at radius 2 is 2.05 bits per heavy atom. The molecule has 116 valence electrons. The third-order valence-corrected chi connectivity index (χ3v) is 5.31. The fraction of sp³-hybridized carbons (Fsp3) is 0.647. The van der Waals surface area contributed by atoms with Gasteiger partial charge in [-0.25, -0.2) is 4.39 Å². The zero-order valence-electron chi connectivity index (χ0n) is 12.7. The molecule has 0 saturated heterocycles. The molecule has 2 aliphatic rings. The first-order valence-corrected chi connectivity index (χ1v) is 7.75. The second kappa shape index (κ2) is 5.25. The highest BCUT2D eigenvalue weighted by Gasteiger charge is 2.51. The predicted molar refractivity (Wildman–Crippen MR) is 79.5 cm³/mol. The van der Waals surface area contributed by atoms with E-state index in [9.17, 15) is 14.6 Å². The van der Waals surface area contributed by atoms with Crippen LogP contribution >= 0.6 is 0 Å². The lowest BCUT2D eigenvalue weighted by molar-refractivity contribution is -0.0893. The van der Waals surface area contributed by atoms with Gasteiger partial charge in [-0.1, -0.05) is 6.42 Å². The summed E-state index contributed by atoms with van der Waals surface area (Å²) in [5.74, 6) is 0.498. The largest absolute Gasteiger partial charge is 0.508 e. The van der Waals surface area contributed by atoms with E-state index in [1.807, 2.05) is 14.1 Å². The van der Waals surface area contributed by atoms with E-state index in [0.717, 1.165) is 25.5 Å². The molecular formula is C17H24FNO2. The van der Waals surface area contributed by atoms with Gasteiger partial charge in [0, 0.05) is 18.5 Å². The van der Waals surface area contributed by atoms with Crippen LogP contribution in [-0.2, 0) is 5.60 Å². The summed E-state index contributed by atoms with van der Waals surface area (Å²) in [5, 5.41) is 21.1. The molecular weight excluding hydrogens is 269 g/mol. The van der Waals surface area contributed by atoms with Crippen LogP contribution in [-0.4, -0.2) is 35.8 Å². The van der Waals surface area contributed by atoms with E-state index >= 15 is 0 Å². The molecule has 3 rings (SSSR count). The number of rotatable bonds is 3. The van der Waals surface area contributed by atoms with Crippen LogP contribution in [0.2, 0.25) is 0 Å². The normalized spacial score (nSPS) is 35.4. The van der Waals surface area contributed by atoms with Gasteiger partial charge in [-0.15, -0.1) is 0 Å². The van der Waals surface area contributed by atoms with Gasteiger partial charge >= 0.3 is 0 Å². The lowest BCUT2D eigenvalue weighted by Crippen LogP contribution is -2.47. The summed E-state index contributed by atoms with van der Waals surface area (Å²) >= 11 is 0. The number of aromatic hydroxyl groups is 1. The summed E-state index contributed by atoms with van der Waals surface area (Å²) in [7, 11) is 4.01. The third-order valence-electron chi connectivity index (χ3n) is 5.31. The number of phenols is 1. The van der Waals surface area contributed by atoms with Crippen molar-refractivity contribution in [3.8, 4) is 5.75 Å². The fourth-order valence-electron chi connectivity index (χ4n) is 4.50. The number of fused-ring (bicyclic) bond motifs is 2. The average Bonchev–Trinajstić information content (AvgIpc) is 2.77. The molecule has 2 bridgehead atoms. The number of hydrogen-bond acceptors (Lipinski definition) is 3. The molecule has 0 aromatic heterocycles. The Hall–Kier alpha value is -1.13. The number of nitrogens with zero attached hydrogens (tertiary/aromatic N) is 1. The molecule has 1 aromatic carbocycles. The third kappa shape index (κ3) is 2.67. The van der Waals surface area contributed by atoms with E-state index in [1.165, 1.54) is 18.6 Å². The Balaban J connectivity index is 2.02. The Kier molecular flexibility index (Phi) is 3.70. The van der Waals surface area contributed by atoms with Crippen LogP contribution in [0.15, 0.2) is 18.2 Å². The van der Waals surface area contributed by atoms with Crippen molar-refractivity contribution in [1.82, 2.24) is 4.90 Å². The van der Waals surface area contributed by atoms with Gasteiger partial charge in [-0.2, -0.15) is 0 Å². The average molecular weight is 293 g/mol. The van der Waals surface area contributed by atoms with Gasteiger partial charge in [-0.3, -0.25) is 0 Å². The quantitative estimate of drug-likeness (QED) is 0.900. The SMILES string of the molecule is CN(C)C[C@H]1[C@H]2CC[C@H](C2)C[C@]1(O)c1cc(O)cc(F)c1. The minimum absolute atomic E-state index is 0.0902. The lowest BCUT2D eigenvalue weighted by atomic mass is 9.66. The van der Waals surface area contributed by atoms with Crippen molar-refractivity contribution in [2.75, 3.05) is 20.6 Å². The van der Waals surface area contributed by atoms with E-state index in [0.29, 0.717) is 23.8 Å². The molecule has 2 aliphatic carbocycles. The first-order valence-electron chi connectivity index (χ1n) is 7.75. The molecule has 0 heterocycles. The number of phenolic OH excluding ortho intramolecular Hbond substituents is 1. The molecule has 4 atom stereocenters. The van der Waals surface area contributed by atoms with Crippen molar-refractivity contribution < 1.29 is 14.6 Å². The van der Waals surface area contributed by atoms with E-state index in [1.54, 1.807) is 0 Å². The second-order valence-electron chi connectivity index (χ2n) is 7.13. The first kappa shape index (κ1) is 14.8. The highest BCUT2D eigenvalue weighted by molar-refractivity contribution is 5.34. The maximum absolute atomic E-state index is 13.7. The van der Waals surface area contributed by atoms with E-state index in [2.05, 4.69) is 4.90 Å². The van der Waals surface area contributed by atoms with Crippen LogP contribution in [0.5, 0.6) is 5.75 Å². The van der Waals surface area contributed by atoms with E-state index < -0.39 is 11.4 Å². The van der Waals surface area contributed by atoms with Crippen molar-refractivity contribution >= 4 is 0 Å². The van der Waals surface area contributed by atoms with Crippen LogP contribution in [0.1, 0.15) is 31.2 Å². The first-order chi connectivity index (χ1) is 9.88. The van der Waals surface area contributed by atoms with Crippen LogP contribution in [0.3, 0.4) is 0 Å². The fourth-order valence-corrected chi connectivity index (χ4v) is 4.50. The van der Waals surface area contributed by atoms with Gasteiger partial charge in [-0.05, 0) is 62.9 Å². The summed E-state index contributed by atoms with van der Waals surface area (Å²) < 4.78 is 13.7. The lowest BCUT2D eigenvalue weighted by Gasteiger charge is -2.45. The highest BCUT2D eigenvalue weighted by Crippen LogP contribution is 2.54. The smallest absolute Gasteiger partial charge is 0.127 e. The molecule has 3 nitrogen and oxygen atoms in total. The van der Waals surface area contributed by atoms with Gasteiger partial charge < -0.3 is 15.1 Å². The molecule has 0 amide bonds. The standard InChI is InChI=1S/C17H24FNO2/c1-19(2)10-16-12-4-3-11(5-12)9-17(16,21)13-6-14(18)8-15(20)7-13/h6-8,11-12,16,20-21H,3-5,9-10H2,1-2H3/t11-,12+,16+,17+/m1/s1. The van der Waals surface area contributed by atoms with Gasteiger partial charge in [0.05, 0.1) is 5.60 Å². The molecule has 4 heteroatoms. The molecule has 0 spiro atoms. The molecule has 2 N–H and O–H groups in total. The van der Waals surface area contributed by atoms with Gasteiger partial charge in [0.1, 0.15) is 11.6 Å². The molecule has 21 heavy (non-hydrogen) atoms. The van der Waals surface area contributed by atoms with E-state index in [-0.39, 0.29) is 11.7 Å². The predicted octanol–water partition coefficient (Wildman–Crippen LogP) is 2.72. The highest BCUT2D eigenvalue weighted by atomic mass is 19.1. The number of aliphatic hydroxyl groups is 1. The Morgan fingerprint density at radius 3 is 2.71 bits per heavy atom. The van der Waals surface area contributed by atoms with Gasteiger partial charge in [0.15, 0.2) is 0 Å². The molecule has 1 aromatic rings. The van der Waals surface area contributed by atoms with Crippen molar-refractivity contribution in [2.45, 2.75) is 31.3 Å². The molecule has 0 radical (unpaired) electrons. The summed E-state index contributed by atoms with van der Waals surface area (Å²) in [6.07, 6.45) is 4.14. The maximum Gasteiger partial charge on any atom is 0.127 e. The van der Waals surface area contributed by atoms with Crippen molar-refractivity contribution in [1.29, 1.82) is 0 Å². The van der Waals surface area contributed by atoms with Crippen LogP contribution in [0.4, 0.5) is 4.39 Å².